The van der Waals surface area contributed by atoms with E-state index >= 15 is 0 Å². The van der Waals surface area contributed by atoms with Crippen LogP contribution in [0.2, 0.25) is 0 Å². The van der Waals surface area contributed by atoms with E-state index in [0.29, 0.717) is 25.0 Å². The van der Waals surface area contributed by atoms with Crippen LogP contribution in [-0.4, -0.2) is 23.4 Å². The van der Waals surface area contributed by atoms with E-state index in [2.05, 4.69) is 0 Å². The molecular weight excluding hydrogens is 195 g/mol. The maximum Gasteiger partial charge on any atom is 0.126 e. The highest BCUT2D eigenvalue weighted by Gasteiger charge is 2.39. The zero-order valence-electron chi connectivity index (χ0n) is 8.74. The van der Waals surface area contributed by atoms with E-state index in [9.17, 15) is 9.50 Å². The van der Waals surface area contributed by atoms with Gasteiger partial charge in [0.05, 0.1) is 11.7 Å². The molecule has 0 saturated carbocycles. The number of aliphatic hydroxyl groups is 1. The minimum atomic E-state index is -0.914. The van der Waals surface area contributed by atoms with Crippen molar-refractivity contribution in [2.45, 2.75) is 31.5 Å². The molecule has 0 spiro atoms. The molecule has 1 aliphatic rings. The molecule has 2 nitrogen and oxygen atoms in total. The zero-order valence-corrected chi connectivity index (χ0v) is 8.74. The first kappa shape index (κ1) is 10.6. The third-order valence-corrected chi connectivity index (χ3v) is 3.11. The largest absolute Gasteiger partial charge is 0.387 e. The van der Waals surface area contributed by atoms with Crippen molar-refractivity contribution in [3.05, 3.63) is 35.6 Å². The smallest absolute Gasteiger partial charge is 0.126 e. The standard InChI is InChI=1S/C12H15FO2/c1-9-12(14,6-7-15-9)8-10-4-2-3-5-11(10)13/h2-5,9,14H,6-8H2,1H3. The van der Waals surface area contributed by atoms with Crippen LogP contribution in [-0.2, 0) is 11.2 Å². The molecule has 1 aromatic carbocycles. The molecule has 0 aliphatic carbocycles. The van der Waals surface area contributed by atoms with Crippen molar-refractivity contribution in [1.82, 2.24) is 0 Å². The SMILES string of the molecule is CC1OCCC1(O)Cc1ccccc1F. The van der Waals surface area contributed by atoms with Gasteiger partial charge in [0.25, 0.3) is 0 Å². The predicted molar refractivity (Wildman–Crippen MR) is 55.1 cm³/mol. The van der Waals surface area contributed by atoms with Crippen molar-refractivity contribution in [3.63, 3.8) is 0 Å². The summed E-state index contributed by atoms with van der Waals surface area (Å²) >= 11 is 0. The van der Waals surface area contributed by atoms with Gasteiger partial charge >= 0.3 is 0 Å². The van der Waals surface area contributed by atoms with Crippen LogP contribution in [0.5, 0.6) is 0 Å². The summed E-state index contributed by atoms with van der Waals surface area (Å²) in [6.07, 6.45) is 0.667. The second-order valence-electron chi connectivity index (χ2n) is 4.13. The molecule has 0 bridgehead atoms. The van der Waals surface area contributed by atoms with Gasteiger partial charge in [-0.1, -0.05) is 18.2 Å². The highest BCUT2D eigenvalue weighted by atomic mass is 19.1. The van der Waals surface area contributed by atoms with Crippen LogP contribution in [0, 0.1) is 5.82 Å². The lowest BCUT2D eigenvalue weighted by Crippen LogP contribution is -2.38. The van der Waals surface area contributed by atoms with Gasteiger partial charge in [-0.3, -0.25) is 0 Å². The molecule has 1 aliphatic heterocycles. The molecule has 82 valence electrons. The lowest BCUT2D eigenvalue weighted by Gasteiger charge is -2.26. The Hall–Kier alpha value is -0.930. The van der Waals surface area contributed by atoms with Crippen LogP contribution < -0.4 is 0 Å². The highest BCUT2D eigenvalue weighted by Crippen LogP contribution is 2.29. The van der Waals surface area contributed by atoms with Crippen LogP contribution in [0.25, 0.3) is 0 Å². The lowest BCUT2D eigenvalue weighted by atomic mass is 9.89. The summed E-state index contributed by atoms with van der Waals surface area (Å²) in [7, 11) is 0. The minimum Gasteiger partial charge on any atom is -0.387 e. The topological polar surface area (TPSA) is 29.5 Å². The molecule has 1 N–H and O–H groups in total. The predicted octanol–water partition coefficient (Wildman–Crippen LogP) is 1.91. The molecule has 0 radical (unpaired) electrons. The molecule has 2 atom stereocenters. The Morgan fingerprint density at radius 2 is 2.27 bits per heavy atom. The number of rotatable bonds is 2. The molecule has 1 fully saturated rings. The molecule has 0 aromatic heterocycles. The van der Waals surface area contributed by atoms with Crippen molar-refractivity contribution >= 4 is 0 Å². The van der Waals surface area contributed by atoms with E-state index in [1.54, 1.807) is 18.2 Å². The molecular formula is C12H15FO2. The quantitative estimate of drug-likeness (QED) is 0.808. The second-order valence-corrected chi connectivity index (χ2v) is 4.13. The Balaban J connectivity index is 2.18. The van der Waals surface area contributed by atoms with Crippen molar-refractivity contribution in [1.29, 1.82) is 0 Å². The van der Waals surface area contributed by atoms with Crippen molar-refractivity contribution in [2.24, 2.45) is 0 Å². The van der Waals surface area contributed by atoms with E-state index < -0.39 is 5.60 Å². The third kappa shape index (κ3) is 2.03. The zero-order chi connectivity index (χ0) is 10.9. The first-order valence-electron chi connectivity index (χ1n) is 5.19. The minimum absolute atomic E-state index is 0.225. The Labute approximate surface area is 88.7 Å². The first-order chi connectivity index (χ1) is 7.12. The summed E-state index contributed by atoms with van der Waals surface area (Å²) in [4.78, 5) is 0. The van der Waals surface area contributed by atoms with Gasteiger partial charge in [0, 0.05) is 19.4 Å². The fraction of sp³-hybridized carbons (Fsp3) is 0.500. The summed E-state index contributed by atoms with van der Waals surface area (Å²) in [5.41, 5.74) is -0.361. The van der Waals surface area contributed by atoms with Crippen molar-refractivity contribution in [3.8, 4) is 0 Å². The number of hydrogen-bond donors (Lipinski definition) is 1. The number of halogens is 1. The molecule has 1 saturated heterocycles. The van der Waals surface area contributed by atoms with Crippen molar-refractivity contribution < 1.29 is 14.2 Å². The molecule has 15 heavy (non-hydrogen) atoms. The van der Waals surface area contributed by atoms with Gasteiger partial charge < -0.3 is 9.84 Å². The summed E-state index contributed by atoms with van der Waals surface area (Å²) in [6.45, 7) is 2.37. The van der Waals surface area contributed by atoms with Gasteiger partial charge in [0.1, 0.15) is 5.82 Å². The maximum absolute atomic E-state index is 13.4. The molecule has 0 amide bonds. The van der Waals surface area contributed by atoms with Crippen LogP contribution >= 0.6 is 0 Å². The maximum atomic E-state index is 13.4. The summed E-state index contributed by atoms with van der Waals surface area (Å²) < 4.78 is 18.7. The normalized spacial score (nSPS) is 30.7. The number of ether oxygens (including phenoxy) is 1. The fourth-order valence-corrected chi connectivity index (χ4v) is 1.97. The molecule has 1 heterocycles. The summed E-state index contributed by atoms with van der Waals surface area (Å²) in [6, 6.07) is 6.55. The van der Waals surface area contributed by atoms with Crippen LogP contribution in [0.1, 0.15) is 18.9 Å². The molecule has 3 heteroatoms. The average molecular weight is 210 g/mol. The first-order valence-corrected chi connectivity index (χ1v) is 5.19. The van der Waals surface area contributed by atoms with Gasteiger partial charge in [-0.05, 0) is 18.6 Å². The van der Waals surface area contributed by atoms with Gasteiger partial charge in [-0.15, -0.1) is 0 Å². The van der Waals surface area contributed by atoms with Crippen molar-refractivity contribution in [2.75, 3.05) is 6.61 Å². The summed E-state index contributed by atoms with van der Waals surface area (Å²) in [5.74, 6) is -0.259. The Morgan fingerprint density at radius 1 is 1.53 bits per heavy atom. The van der Waals surface area contributed by atoms with E-state index in [4.69, 9.17) is 4.74 Å². The van der Waals surface area contributed by atoms with Gasteiger partial charge in [-0.2, -0.15) is 0 Å². The van der Waals surface area contributed by atoms with E-state index in [1.807, 2.05) is 6.92 Å². The van der Waals surface area contributed by atoms with E-state index in [0.717, 1.165) is 0 Å². The Bertz CT molecular complexity index is 353. The molecule has 2 unspecified atom stereocenters. The third-order valence-electron chi connectivity index (χ3n) is 3.11. The number of benzene rings is 1. The molecule has 2 rings (SSSR count). The Morgan fingerprint density at radius 3 is 2.87 bits per heavy atom. The van der Waals surface area contributed by atoms with Gasteiger partial charge in [-0.25, -0.2) is 4.39 Å². The number of hydrogen-bond acceptors (Lipinski definition) is 2. The Kier molecular flexibility index (Phi) is 2.76. The van der Waals surface area contributed by atoms with Crippen LogP contribution in [0.3, 0.4) is 0 Å². The monoisotopic (exact) mass is 210 g/mol. The lowest BCUT2D eigenvalue weighted by molar-refractivity contribution is -0.0273. The van der Waals surface area contributed by atoms with Gasteiger partial charge in [0.15, 0.2) is 0 Å². The van der Waals surface area contributed by atoms with E-state index in [1.165, 1.54) is 6.07 Å². The van der Waals surface area contributed by atoms with Gasteiger partial charge in [0.2, 0.25) is 0 Å². The average Bonchev–Trinajstić information content (AvgIpc) is 2.51. The second kappa shape index (κ2) is 3.91. The van der Waals surface area contributed by atoms with E-state index in [-0.39, 0.29) is 11.9 Å². The van der Waals surface area contributed by atoms with Crippen LogP contribution in [0.4, 0.5) is 4.39 Å². The summed E-state index contributed by atoms with van der Waals surface area (Å²) in [5, 5.41) is 10.2. The van der Waals surface area contributed by atoms with Crippen LogP contribution in [0.15, 0.2) is 24.3 Å². The fourth-order valence-electron chi connectivity index (χ4n) is 1.97. The molecule has 1 aromatic rings. The highest BCUT2D eigenvalue weighted by molar-refractivity contribution is 5.20.